The van der Waals surface area contributed by atoms with Crippen molar-refractivity contribution in [3.05, 3.63) is 41.5 Å². The van der Waals surface area contributed by atoms with Crippen LogP contribution in [-0.2, 0) is 26.8 Å². The van der Waals surface area contributed by atoms with E-state index in [9.17, 15) is 17.6 Å². The maximum atomic E-state index is 13.7. The van der Waals surface area contributed by atoms with Crippen LogP contribution in [0.1, 0.15) is 50.0 Å². The summed E-state index contributed by atoms with van der Waals surface area (Å²) < 4.78 is 43.6. The van der Waals surface area contributed by atoms with Gasteiger partial charge in [0.05, 0.1) is 5.75 Å². The van der Waals surface area contributed by atoms with Gasteiger partial charge in [-0.1, -0.05) is 42.6 Å². The predicted octanol–water partition coefficient (Wildman–Crippen LogP) is 2.81. The molecule has 0 saturated heterocycles. The summed E-state index contributed by atoms with van der Waals surface area (Å²) in [6.45, 7) is 0.467. The number of sulfone groups is 1. The Morgan fingerprint density at radius 1 is 1.18 bits per heavy atom. The first-order chi connectivity index (χ1) is 13.5. The van der Waals surface area contributed by atoms with Crippen LogP contribution in [0.5, 0.6) is 0 Å². The molecule has 1 saturated carbocycles. The second-order valence-corrected chi connectivity index (χ2v) is 8.91. The lowest BCUT2D eigenvalue weighted by atomic mass is 9.89. The maximum absolute atomic E-state index is 13.7. The summed E-state index contributed by atoms with van der Waals surface area (Å²) in [6.07, 6.45) is 6.20. The van der Waals surface area contributed by atoms with E-state index in [0.717, 1.165) is 25.7 Å². The molecular formula is C19H24FN3O4S. The average molecular weight is 409 g/mol. The van der Waals surface area contributed by atoms with E-state index >= 15 is 0 Å². The van der Waals surface area contributed by atoms with E-state index in [4.69, 9.17) is 4.42 Å². The van der Waals surface area contributed by atoms with E-state index in [2.05, 4.69) is 15.5 Å². The molecule has 1 fully saturated rings. The van der Waals surface area contributed by atoms with Crippen LogP contribution in [0.3, 0.4) is 0 Å². The molecular weight excluding hydrogens is 385 g/mol. The topological polar surface area (TPSA) is 102 Å². The predicted molar refractivity (Wildman–Crippen MR) is 99.5 cm³/mol. The molecule has 0 bridgehead atoms. The van der Waals surface area contributed by atoms with Gasteiger partial charge in [-0.05, 0) is 25.3 Å². The van der Waals surface area contributed by atoms with Crippen molar-refractivity contribution in [3.8, 4) is 0 Å². The molecule has 1 amide bonds. The van der Waals surface area contributed by atoms with Crippen molar-refractivity contribution in [3.63, 3.8) is 0 Å². The number of benzene rings is 1. The van der Waals surface area contributed by atoms with Gasteiger partial charge in [0.15, 0.2) is 0 Å². The van der Waals surface area contributed by atoms with Gasteiger partial charge in [0, 0.05) is 24.4 Å². The largest absolute Gasteiger partial charge is 0.413 e. The lowest BCUT2D eigenvalue weighted by Crippen LogP contribution is -2.32. The zero-order valence-electron chi connectivity index (χ0n) is 15.6. The quantitative estimate of drug-likeness (QED) is 0.673. The van der Waals surface area contributed by atoms with Crippen LogP contribution in [0.4, 0.5) is 4.39 Å². The van der Waals surface area contributed by atoms with Gasteiger partial charge >= 0.3 is 5.22 Å². The fraction of sp³-hybridized carbons (Fsp3) is 0.526. The molecule has 0 aliphatic heterocycles. The highest BCUT2D eigenvalue weighted by atomic mass is 32.2. The maximum Gasteiger partial charge on any atom is 0.335 e. The Morgan fingerprint density at radius 2 is 1.93 bits per heavy atom. The standard InChI is InChI=1S/C19H24FN3O4S/c20-16-10-5-4-9-15(16)13-28(25,26)19-23-22-17(27-19)11-6-12-21-18(24)14-7-2-1-3-8-14/h4-5,9-10,14H,1-3,6-8,11-13H2,(H,21,24). The summed E-state index contributed by atoms with van der Waals surface area (Å²) in [5.41, 5.74) is 0.0488. The number of hydrogen-bond acceptors (Lipinski definition) is 6. The number of halogens is 1. The van der Waals surface area contributed by atoms with Crippen LogP contribution in [0.25, 0.3) is 0 Å². The third-order valence-corrected chi connectivity index (χ3v) is 6.25. The molecule has 1 aliphatic rings. The number of rotatable bonds is 8. The second-order valence-electron chi connectivity index (χ2n) is 7.04. The number of carbonyl (C=O) groups excluding carboxylic acids is 1. The fourth-order valence-corrected chi connectivity index (χ4v) is 4.46. The van der Waals surface area contributed by atoms with Gasteiger partial charge in [0.1, 0.15) is 5.82 Å². The molecule has 2 aromatic rings. The number of nitrogens with one attached hydrogen (secondary N) is 1. The Kier molecular flexibility index (Phi) is 6.77. The average Bonchev–Trinajstić information content (AvgIpc) is 3.17. The van der Waals surface area contributed by atoms with Crippen LogP contribution in [0.2, 0.25) is 0 Å². The van der Waals surface area contributed by atoms with Gasteiger partial charge in [-0.3, -0.25) is 4.79 Å². The lowest BCUT2D eigenvalue weighted by molar-refractivity contribution is -0.125. The van der Waals surface area contributed by atoms with Gasteiger partial charge in [-0.15, -0.1) is 5.10 Å². The molecule has 0 atom stereocenters. The molecule has 0 radical (unpaired) electrons. The highest BCUT2D eigenvalue weighted by molar-refractivity contribution is 7.90. The van der Waals surface area contributed by atoms with E-state index in [1.165, 1.54) is 24.6 Å². The minimum atomic E-state index is -3.92. The summed E-state index contributed by atoms with van der Waals surface area (Å²) in [4.78, 5) is 12.1. The molecule has 0 unspecified atom stereocenters. The Labute approximate surface area is 163 Å². The number of amides is 1. The highest BCUT2D eigenvalue weighted by Crippen LogP contribution is 2.23. The molecule has 1 heterocycles. The van der Waals surface area contributed by atoms with Crippen LogP contribution in [0.15, 0.2) is 33.9 Å². The number of aryl methyl sites for hydroxylation is 1. The molecule has 1 aromatic carbocycles. The SMILES string of the molecule is O=C(NCCCc1nnc(S(=O)(=O)Cc2ccccc2F)o1)C1CCCCC1. The van der Waals surface area contributed by atoms with Crippen molar-refractivity contribution in [1.29, 1.82) is 0 Å². The molecule has 1 aromatic heterocycles. The van der Waals surface area contributed by atoms with Gasteiger partial charge in [0.2, 0.25) is 21.6 Å². The normalized spacial score (nSPS) is 15.5. The molecule has 9 heteroatoms. The fourth-order valence-electron chi connectivity index (χ4n) is 3.31. The number of hydrogen-bond donors (Lipinski definition) is 1. The first-order valence-electron chi connectivity index (χ1n) is 9.52. The Morgan fingerprint density at radius 3 is 2.68 bits per heavy atom. The van der Waals surface area contributed by atoms with Crippen LogP contribution < -0.4 is 5.32 Å². The number of nitrogens with zero attached hydrogens (tertiary/aromatic N) is 2. The summed E-state index contributed by atoms with van der Waals surface area (Å²) in [5, 5.41) is 9.73. The van der Waals surface area contributed by atoms with Crippen molar-refractivity contribution >= 4 is 15.7 Å². The first-order valence-corrected chi connectivity index (χ1v) is 11.2. The molecule has 28 heavy (non-hydrogen) atoms. The van der Waals surface area contributed by atoms with Crippen LogP contribution >= 0.6 is 0 Å². The van der Waals surface area contributed by atoms with Crippen molar-refractivity contribution in [1.82, 2.24) is 15.5 Å². The number of aromatic nitrogens is 2. The molecule has 1 aliphatic carbocycles. The third kappa shape index (κ3) is 5.37. The third-order valence-electron chi connectivity index (χ3n) is 4.86. The van der Waals surface area contributed by atoms with Crippen LogP contribution in [0, 0.1) is 11.7 Å². The van der Waals surface area contributed by atoms with E-state index in [1.807, 2.05) is 0 Å². The molecule has 7 nitrogen and oxygen atoms in total. The van der Waals surface area contributed by atoms with E-state index in [0.29, 0.717) is 19.4 Å². The minimum Gasteiger partial charge on any atom is -0.413 e. The van der Waals surface area contributed by atoms with E-state index < -0.39 is 26.6 Å². The van der Waals surface area contributed by atoms with Gasteiger partial charge < -0.3 is 9.73 Å². The first kappa shape index (κ1) is 20.4. The van der Waals surface area contributed by atoms with Gasteiger partial charge in [0.25, 0.3) is 0 Å². The number of carbonyl (C=O) groups is 1. The Balaban J connectivity index is 1.48. The molecule has 0 spiro atoms. The summed E-state index contributed by atoms with van der Waals surface area (Å²) >= 11 is 0. The zero-order valence-corrected chi connectivity index (χ0v) is 16.4. The summed E-state index contributed by atoms with van der Waals surface area (Å²) in [7, 11) is -3.92. The monoisotopic (exact) mass is 409 g/mol. The Hall–Kier alpha value is -2.29. The van der Waals surface area contributed by atoms with Crippen molar-refractivity contribution < 1.29 is 22.0 Å². The van der Waals surface area contributed by atoms with Crippen LogP contribution in [-0.4, -0.2) is 31.1 Å². The van der Waals surface area contributed by atoms with E-state index in [1.54, 1.807) is 6.07 Å². The smallest absolute Gasteiger partial charge is 0.335 e. The summed E-state index contributed by atoms with van der Waals surface area (Å²) in [5.74, 6) is -0.775. The lowest BCUT2D eigenvalue weighted by Gasteiger charge is -2.20. The molecule has 1 N–H and O–H groups in total. The zero-order chi connectivity index (χ0) is 20.0. The van der Waals surface area contributed by atoms with Gasteiger partial charge in [-0.25, -0.2) is 12.8 Å². The Bertz CT molecular complexity index is 907. The second kappa shape index (κ2) is 9.27. The van der Waals surface area contributed by atoms with Crippen molar-refractivity contribution in [2.45, 2.75) is 55.9 Å². The minimum absolute atomic E-state index is 0.0488. The molecule has 3 rings (SSSR count). The summed E-state index contributed by atoms with van der Waals surface area (Å²) in [6, 6.07) is 5.66. The molecule has 152 valence electrons. The van der Waals surface area contributed by atoms with Gasteiger partial charge in [-0.2, -0.15) is 0 Å². The van der Waals surface area contributed by atoms with Crippen molar-refractivity contribution in [2.24, 2.45) is 5.92 Å². The van der Waals surface area contributed by atoms with Crippen molar-refractivity contribution in [2.75, 3.05) is 6.54 Å². The highest BCUT2D eigenvalue weighted by Gasteiger charge is 2.24. The van der Waals surface area contributed by atoms with E-state index in [-0.39, 0.29) is 23.3 Å².